The summed E-state index contributed by atoms with van der Waals surface area (Å²) in [6.07, 6.45) is 0.111. The van der Waals surface area contributed by atoms with Crippen molar-refractivity contribution < 1.29 is 19.1 Å². The Hall–Kier alpha value is -2.66. The highest BCUT2D eigenvalue weighted by molar-refractivity contribution is 8.01. The van der Waals surface area contributed by atoms with Crippen LogP contribution < -0.4 is 20.3 Å². The quantitative estimate of drug-likeness (QED) is 0.469. The normalized spacial score (nSPS) is 16.1. The molecule has 2 N–H and O–H groups in total. The van der Waals surface area contributed by atoms with Gasteiger partial charge in [0.25, 0.3) is 0 Å². The van der Waals surface area contributed by atoms with Gasteiger partial charge in [-0.1, -0.05) is 35.2 Å². The van der Waals surface area contributed by atoms with Crippen LogP contribution in [0.2, 0.25) is 0 Å². The maximum atomic E-state index is 12.6. The minimum Gasteiger partial charge on any atom is -0.495 e. The fraction of sp³-hybridized carbons (Fsp3) is 0.421. The Labute approximate surface area is 182 Å². The summed E-state index contributed by atoms with van der Waals surface area (Å²) in [6.45, 7) is 4.05. The number of nitrogens with zero attached hydrogens (tertiary/aromatic N) is 3. The topological polar surface area (TPSA) is 114 Å². The van der Waals surface area contributed by atoms with Gasteiger partial charge in [0.05, 0.1) is 24.5 Å². The Morgan fingerprint density at radius 1 is 1.33 bits per heavy atom. The first-order valence-electron chi connectivity index (χ1n) is 9.37. The predicted molar refractivity (Wildman–Crippen MR) is 116 cm³/mol. The van der Waals surface area contributed by atoms with Gasteiger partial charge >= 0.3 is 0 Å². The second-order valence-corrected chi connectivity index (χ2v) is 9.15. The van der Waals surface area contributed by atoms with E-state index in [9.17, 15) is 14.4 Å². The van der Waals surface area contributed by atoms with Gasteiger partial charge in [0, 0.05) is 19.0 Å². The van der Waals surface area contributed by atoms with Crippen LogP contribution in [0.15, 0.2) is 28.6 Å². The van der Waals surface area contributed by atoms with Crippen molar-refractivity contribution in [1.82, 2.24) is 15.5 Å². The van der Waals surface area contributed by atoms with E-state index >= 15 is 0 Å². The molecule has 160 valence electrons. The molecule has 0 radical (unpaired) electrons. The molecule has 11 heteroatoms. The van der Waals surface area contributed by atoms with Crippen LogP contribution in [0.25, 0.3) is 0 Å². The van der Waals surface area contributed by atoms with Crippen LogP contribution in [0.4, 0.5) is 10.8 Å². The van der Waals surface area contributed by atoms with Crippen molar-refractivity contribution in [3.8, 4) is 5.75 Å². The first-order chi connectivity index (χ1) is 14.4. The lowest BCUT2D eigenvalue weighted by Gasteiger charge is -2.19. The van der Waals surface area contributed by atoms with Crippen LogP contribution in [0, 0.1) is 5.92 Å². The molecular weight excluding hydrogens is 426 g/mol. The Morgan fingerprint density at radius 2 is 2.10 bits per heavy atom. The largest absolute Gasteiger partial charge is 0.495 e. The molecule has 0 spiro atoms. The van der Waals surface area contributed by atoms with Crippen molar-refractivity contribution in [1.29, 1.82) is 0 Å². The van der Waals surface area contributed by atoms with E-state index in [4.69, 9.17) is 4.74 Å². The number of methoxy groups -OCH3 is 1. The van der Waals surface area contributed by atoms with Crippen LogP contribution in [-0.2, 0) is 14.4 Å². The highest BCUT2D eigenvalue weighted by Crippen LogP contribution is 2.33. The SMILES string of the molecule is COc1ccccc1N1C[C@@H](C(=O)Nc2nnc(SCC(=O)NC(C)C)s2)CC1=O. The number of carbonyl (C=O) groups excluding carboxylic acids is 3. The molecule has 1 aromatic heterocycles. The summed E-state index contributed by atoms with van der Waals surface area (Å²) in [5.74, 6) is -0.198. The van der Waals surface area contributed by atoms with E-state index in [1.807, 2.05) is 26.0 Å². The standard InChI is InChI=1S/C19H23N5O4S2/c1-11(2)20-15(25)10-29-19-23-22-18(30-19)21-17(27)12-8-16(26)24(9-12)13-6-4-5-7-14(13)28-3/h4-7,11-12H,8-10H2,1-3H3,(H,20,25)(H,21,22,27)/t12-/m0/s1. The molecule has 3 rings (SSSR count). The minimum absolute atomic E-state index is 0.0758. The fourth-order valence-corrected chi connectivity index (χ4v) is 4.55. The van der Waals surface area contributed by atoms with Gasteiger partial charge in [-0.2, -0.15) is 0 Å². The molecule has 30 heavy (non-hydrogen) atoms. The van der Waals surface area contributed by atoms with Crippen molar-refractivity contribution >= 4 is 51.6 Å². The van der Waals surface area contributed by atoms with Crippen LogP contribution in [-0.4, -0.2) is 53.4 Å². The van der Waals surface area contributed by atoms with Crippen molar-refractivity contribution in [2.45, 2.75) is 30.6 Å². The number of rotatable bonds is 8. The van der Waals surface area contributed by atoms with Gasteiger partial charge in [-0.05, 0) is 26.0 Å². The van der Waals surface area contributed by atoms with Gasteiger partial charge in [-0.3, -0.25) is 14.4 Å². The molecule has 1 saturated heterocycles. The molecule has 1 aromatic carbocycles. The molecule has 0 aliphatic carbocycles. The number of ether oxygens (including phenoxy) is 1. The van der Waals surface area contributed by atoms with E-state index < -0.39 is 5.92 Å². The molecule has 2 aromatic rings. The van der Waals surface area contributed by atoms with Gasteiger partial charge < -0.3 is 20.3 Å². The van der Waals surface area contributed by atoms with Crippen LogP contribution in [0.1, 0.15) is 20.3 Å². The number of anilines is 2. The number of benzene rings is 1. The molecule has 2 heterocycles. The third kappa shape index (κ3) is 5.48. The average molecular weight is 450 g/mol. The number of thioether (sulfide) groups is 1. The number of aromatic nitrogens is 2. The number of amides is 3. The zero-order valence-corrected chi connectivity index (χ0v) is 18.5. The number of carbonyl (C=O) groups is 3. The molecule has 0 bridgehead atoms. The Bertz CT molecular complexity index is 933. The van der Waals surface area contributed by atoms with Crippen LogP contribution in [0.3, 0.4) is 0 Å². The third-order valence-corrected chi connectivity index (χ3v) is 6.26. The number of hydrogen-bond acceptors (Lipinski definition) is 8. The number of hydrogen-bond donors (Lipinski definition) is 2. The minimum atomic E-state index is -0.501. The van der Waals surface area contributed by atoms with Crippen molar-refractivity contribution in [2.24, 2.45) is 5.92 Å². The smallest absolute Gasteiger partial charge is 0.231 e. The Morgan fingerprint density at radius 3 is 2.83 bits per heavy atom. The second kappa shape index (κ2) is 9.90. The monoisotopic (exact) mass is 449 g/mol. The molecule has 1 atom stereocenters. The Kier molecular flexibility index (Phi) is 7.27. The lowest BCUT2D eigenvalue weighted by molar-refractivity contribution is -0.122. The summed E-state index contributed by atoms with van der Waals surface area (Å²) in [6, 6.07) is 7.29. The maximum absolute atomic E-state index is 12.6. The zero-order chi connectivity index (χ0) is 21.7. The summed E-state index contributed by atoms with van der Waals surface area (Å²) in [4.78, 5) is 38.4. The van der Waals surface area contributed by atoms with E-state index in [2.05, 4.69) is 20.8 Å². The summed E-state index contributed by atoms with van der Waals surface area (Å²) < 4.78 is 5.90. The van der Waals surface area contributed by atoms with E-state index in [0.717, 1.165) is 0 Å². The van der Waals surface area contributed by atoms with Gasteiger partial charge in [-0.25, -0.2) is 0 Å². The van der Waals surface area contributed by atoms with Gasteiger partial charge in [0.1, 0.15) is 5.75 Å². The molecule has 3 amide bonds. The lowest BCUT2D eigenvalue weighted by Crippen LogP contribution is -2.31. The average Bonchev–Trinajstić information content (AvgIpc) is 3.32. The van der Waals surface area contributed by atoms with Gasteiger partial charge in [-0.15, -0.1) is 10.2 Å². The third-order valence-electron chi connectivity index (χ3n) is 4.28. The van der Waals surface area contributed by atoms with Crippen LogP contribution in [0.5, 0.6) is 5.75 Å². The first kappa shape index (κ1) is 22.0. The Balaban J connectivity index is 1.56. The molecule has 0 unspecified atom stereocenters. The summed E-state index contributed by atoms with van der Waals surface area (Å²) >= 11 is 2.45. The van der Waals surface area contributed by atoms with Crippen molar-refractivity contribution in [3.05, 3.63) is 24.3 Å². The van der Waals surface area contributed by atoms with E-state index in [1.165, 1.54) is 23.1 Å². The lowest BCUT2D eigenvalue weighted by atomic mass is 10.1. The van der Waals surface area contributed by atoms with E-state index in [1.54, 1.807) is 24.1 Å². The zero-order valence-electron chi connectivity index (χ0n) is 16.9. The summed E-state index contributed by atoms with van der Waals surface area (Å²) in [5.41, 5.74) is 0.648. The fourth-order valence-electron chi connectivity index (χ4n) is 2.99. The molecule has 0 saturated carbocycles. The molecule has 1 aliphatic rings. The molecule has 9 nitrogen and oxygen atoms in total. The molecular formula is C19H23N5O4S2. The number of para-hydroxylation sites is 2. The summed E-state index contributed by atoms with van der Waals surface area (Å²) in [7, 11) is 1.54. The van der Waals surface area contributed by atoms with Crippen molar-refractivity contribution in [2.75, 3.05) is 29.6 Å². The predicted octanol–water partition coefficient (Wildman–Crippen LogP) is 2.15. The van der Waals surface area contributed by atoms with Gasteiger partial charge in [0.2, 0.25) is 22.9 Å². The molecule has 1 fully saturated rings. The highest BCUT2D eigenvalue weighted by atomic mass is 32.2. The van der Waals surface area contributed by atoms with E-state index in [-0.39, 0.29) is 42.5 Å². The first-order valence-corrected chi connectivity index (χ1v) is 11.2. The summed E-state index contributed by atoms with van der Waals surface area (Å²) in [5, 5.41) is 13.8. The van der Waals surface area contributed by atoms with Crippen LogP contribution >= 0.6 is 23.1 Å². The second-order valence-electron chi connectivity index (χ2n) is 6.95. The number of nitrogens with one attached hydrogen (secondary N) is 2. The van der Waals surface area contributed by atoms with E-state index in [0.29, 0.717) is 20.9 Å². The van der Waals surface area contributed by atoms with Gasteiger partial charge in [0.15, 0.2) is 4.34 Å². The highest BCUT2D eigenvalue weighted by Gasteiger charge is 2.36. The van der Waals surface area contributed by atoms with Crippen molar-refractivity contribution in [3.63, 3.8) is 0 Å². The molecule has 1 aliphatic heterocycles. The maximum Gasteiger partial charge on any atom is 0.231 e.